The maximum atomic E-state index is 9.00. The highest BCUT2D eigenvalue weighted by molar-refractivity contribution is 8.09. The van der Waals surface area contributed by atoms with E-state index in [2.05, 4.69) is 11.9 Å². The number of aliphatic imine (C=N–C) groups is 1. The summed E-state index contributed by atoms with van der Waals surface area (Å²) in [5.41, 5.74) is 0.903. The van der Waals surface area contributed by atoms with Gasteiger partial charge in [0.15, 0.2) is 0 Å². The van der Waals surface area contributed by atoms with Crippen LogP contribution in [0.15, 0.2) is 35.3 Å². The highest BCUT2D eigenvalue weighted by Crippen LogP contribution is 2.16. The van der Waals surface area contributed by atoms with Gasteiger partial charge in [0.05, 0.1) is 5.69 Å². The predicted molar refractivity (Wildman–Crippen MR) is 63.3 cm³/mol. The van der Waals surface area contributed by atoms with Crippen LogP contribution in [-0.4, -0.2) is 9.60 Å². The largest absolute Gasteiger partial charge is 0.325 e. The minimum atomic E-state index is 0.755. The van der Waals surface area contributed by atoms with Crippen LogP contribution in [0.5, 0.6) is 0 Å². The zero-order chi connectivity index (χ0) is 10.2. The lowest BCUT2D eigenvalue weighted by Crippen LogP contribution is -1.90. The van der Waals surface area contributed by atoms with Gasteiger partial charge >= 0.3 is 0 Å². The molecule has 1 rings (SSSR count). The van der Waals surface area contributed by atoms with Gasteiger partial charge in [0.1, 0.15) is 5.04 Å². The van der Waals surface area contributed by atoms with Crippen molar-refractivity contribution >= 4 is 22.8 Å². The van der Waals surface area contributed by atoms with Gasteiger partial charge < -0.3 is 4.55 Å². The summed E-state index contributed by atoms with van der Waals surface area (Å²) in [6.07, 6.45) is 3.04. The van der Waals surface area contributed by atoms with E-state index in [9.17, 15) is 0 Å². The fourth-order valence-electron chi connectivity index (χ4n) is 1.10. The normalized spacial score (nSPS) is 11.7. The van der Waals surface area contributed by atoms with Crippen LogP contribution in [0, 0.1) is 0 Å². The van der Waals surface area contributed by atoms with Gasteiger partial charge in [0.2, 0.25) is 0 Å². The summed E-state index contributed by atoms with van der Waals surface area (Å²) in [4.78, 5) is 4.34. The van der Waals surface area contributed by atoms with Crippen LogP contribution < -0.4 is 0 Å². The van der Waals surface area contributed by atoms with Gasteiger partial charge in [-0.05, 0) is 25.0 Å². The maximum absolute atomic E-state index is 9.00. The lowest BCUT2D eigenvalue weighted by atomic mass is 10.2. The molecular weight excluding hydrogens is 194 g/mol. The molecule has 0 aliphatic rings. The fourth-order valence-corrected chi connectivity index (χ4v) is 1.48. The van der Waals surface area contributed by atoms with Crippen molar-refractivity contribution in [2.45, 2.75) is 26.2 Å². The molecule has 2 nitrogen and oxygen atoms in total. The second kappa shape index (κ2) is 6.62. The van der Waals surface area contributed by atoms with Crippen molar-refractivity contribution in [2.75, 3.05) is 0 Å². The lowest BCUT2D eigenvalue weighted by molar-refractivity contribution is 0.672. The van der Waals surface area contributed by atoms with Crippen LogP contribution in [0.25, 0.3) is 0 Å². The number of unbranched alkanes of at least 4 members (excludes halogenated alkanes) is 1. The summed E-state index contributed by atoms with van der Waals surface area (Å²) in [5, 5.41) is 0.790. The molecule has 1 N–H and O–H groups in total. The van der Waals surface area contributed by atoms with E-state index in [0.717, 1.165) is 42.0 Å². The van der Waals surface area contributed by atoms with Crippen LogP contribution in [0.2, 0.25) is 0 Å². The van der Waals surface area contributed by atoms with E-state index in [1.807, 2.05) is 30.3 Å². The minimum Gasteiger partial charge on any atom is -0.325 e. The van der Waals surface area contributed by atoms with E-state index in [-0.39, 0.29) is 0 Å². The first-order valence-corrected chi connectivity index (χ1v) is 5.58. The average molecular weight is 209 g/mol. The van der Waals surface area contributed by atoms with Crippen LogP contribution in [-0.2, 0) is 0 Å². The molecule has 0 saturated heterocycles. The Kier molecular flexibility index (Phi) is 5.33. The summed E-state index contributed by atoms with van der Waals surface area (Å²) >= 11 is 0.755. The summed E-state index contributed by atoms with van der Waals surface area (Å²) in [6, 6.07) is 9.71. The SMILES string of the molecule is CCCCC(=Nc1ccccc1)SO. The molecule has 0 heterocycles. The monoisotopic (exact) mass is 209 g/mol. The number of nitrogens with zero attached hydrogens (tertiary/aromatic N) is 1. The van der Waals surface area contributed by atoms with Crippen molar-refractivity contribution in [1.29, 1.82) is 0 Å². The van der Waals surface area contributed by atoms with Crippen molar-refractivity contribution in [3.05, 3.63) is 30.3 Å². The number of para-hydroxylation sites is 1. The van der Waals surface area contributed by atoms with Crippen LogP contribution in [0.4, 0.5) is 5.69 Å². The Morgan fingerprint density at radius 1 is 1.36 bits per heavy atom. The predicted octanol–water partition coefficient (Wildman–Crippen LogP) is 4.11. The van der Waals surface area contributed by atoms with E-state index >= 15 is 0 Å². The van der Waals surface area contributed by atoms with Gasteiger partial charge in [0, 0.05) is 12.0 Å². The molecule has 0 aliphatic carbocycles. The number of hydrogen-bond donors (Lipinski definition) is 1. The van der Waals surface area contributed by atoms with Crippen LogP contribution in [0.3, 0.4) is 0 Å². The lowest BCUT2D eigenvalue weighted by Gasteiger charge is -2.00. The Bertz CT molecular complexity index is 285. The molecule has 0 spiro atoms. The second-order valence-corrected chi connectivity index (χ2v) is 3.69. The zero-order valence-corrected chi connectivity index (χ0v) is 9.13. The van der Waals surface area contributed by atoms with Gasteiger partial charge in [-0.15, -0.1) is 0 Å². The van der Waals surface area contributed by atoms with Gasteiger partial charge in [-0.25, -0.2) is 4.99 Å². The molecular formula is C11H15NOS. The Morgan fingerprint density at radius 3 is 2.64 bits per heavy atom. The molecule has 0 atom stereocenters. The third-order valence-corrected chi connectivity index (χ3v) is 2.37. The molecule has 0 aromatic heterocycles. The summed E-state index contributed by atoms with van der Waals surface area (Å²) in [6.45, 7) is 2.13. The fraction of sp³-hybridized carbons (Fsp3) is 0.364. The first-order valence-electron chi connectivity index (χ1n) is 4.81. The van der Waals surface area contributed by atoms with Gasteiger partial charge in [-0.2, -0.15) is 0 Å². The topological polar surface area (TPSA) is 32.6 Å². The van der Waals surface area contributed by atoms with Crippen LogP contribution >= 0.6 is 12.0 Å². The zero-order valence-electron chi connectivity index (χ0n) is 8.31. The molecule has 3 heteroatoms. The highest BCUT2D eigenvalue weighted by atomic mass is 32.2. The van der Waals surface area contributed by atoms with Crippen LogP contribution in [0.1, 0.15) is 26.2 Å². The molecule has 0 radical (unpaired) electrons. The van der Waals surface area contributed by atoms with Crippen molar-refractivity contribution in [3.8, 4) is 0 Å². The molecule has 0 amide bonds. The van der Waals surface area contributed by atoms with Crippen molar-refractivity contribution in [3.63, 3.8) is 0 Å². The quantitative estimate of drug-likeness (QED) is 0.460. The number of hydrogen-bond acceptors (Lipinski definition) is 3. The molecule has 0 aliphatic heterocycles. The summed E-state index contributed by atoms with van der Waals surface area (Å²) in [7, 11) is 0. The molecule has 76 valence electrons. The molecule has 0 unspecified atom stereocenters. The van der Waals surface area contributed by atoms with E-state index in [1.54, 1.807) is 0 Å². The Balaban J connectivity index is 2.64. The van der Waals surface area contributed by atoms with Gasteiger partial charge in [0.25, 0.3) is 0 Å². The molecule has 0 fully saturated rings. The number of benzene rings is 1. The van der Waals surface area contributed by atoms with E-state index in [4.69, 9.17) is 4.55 Å². The number of rotatable bonds is 4. The highest BCUT2D eigenvalue weighted by Gasteiger charge is 1.98. The second-order valence-electron chi connectivity index (χ2n) is 3.04. The van der Waals surface area contributed by atoms with E-state index in [0.29, 0.717) is 0 Å². The summed E-state index contributed by atoms with van der Waals surface area (Å²) in [5.74, 6) is 0. The third-order valence-electron chi connectivity index (χ3n) is 1.86. The average Bonchev–Trinajstić information content (AvgIpc) is 2.25. The molecule has 1 aromatic rings. The minimum absolute atomic E-state index is 0.755. The third kappa shape index (κ3) is 3.94. The van der Waals surface area contributed by atoms with Gasteiger partial charge in [-0.1, -0.05) is 31.5 Å². The molecule has 0 bridgehead atoms. The standard InChI is InChI=1S/C11H15NOS/c1-2-3-9-11(14-13)12-10-7-5-4-6-8-10/h4-8,13H,2-3,9H2,1H3. The summed E-state index contributed by atoms with van der Waals surface area (Å²) < 4.78 is 9.00. The van der Waals surface area contributed by atoms with Crippen molar-refractivity contribution in [1.82, 2.24) is 0 Å². The van der Waals surface area contributed by atoms with Crippen molar-refractivity contribution in [2.24, 2.45) is 4.99 Å². The maximum Gasteiger partial charge on any atom is 0.101 e. The Morgan fingerprint density at radius 2 is 2.07 bits per heavy atom. The first kappa shape index (κ1) is 11.3. The molecule has 1 aromatic carbocycles. The van der Waals surface area contributed by atoms with E-state index < -0.39 is 0 Å². The first-order chi connectivity index (χ1) is 6.86. The molecule has 0 saturated carbocycles. The van der Waals surface area contributed by atoms with Gasteiger partial charge in [-0.3, -0.25) is 0 Å². The Hall–Kier alpha value is -0.800. The Labute approximate surface area is 89.3 Å². The smallest absolute Gasteiger partial charge is 0.101 e. The van der Waals surface area contributed by atoms with E-state index in [1.165, 1.54) is 0 Å². The van der Waals surface area contributed by atoms with Crippen molar-refractivity contribution < 1.29 is 4.55 Å². The molecule has 14 heavy (non-hydrogen) atoms.